The molecule has 0 radical (unpaired) electrons. The predicted molar refractivity (Wildman–Crippen MR) is 92.9 cm³/mol. The highest BCUT2D eigenvalue weighted by Gasteiger charge is 2.26. The van der Waals surface area contributed by atoms with Crippen molar-refractivity contribution in [2.24, 2.45) is 0 Å². The molecule has 0 fully saturated rings. The minimum absolute atomic E-state index is 0.0781. The smallest absolute Gasteiger partial charge is 0.340 e. The van der Waals surface area contributed by atoms with E-state index in [9.17, 15) is 20.2 Å². The number of hydrogen-bond acceptors (Lipinski definition) is 7. The number of rotatable bonds is 6. The predicted octanol–water partition coefficient (Wildman–Crippen LogP) is 3.41. The molecule has 2 aromatic rings. The van der Waals surface area contributed by atoms with Gasteiger partial charge in [-0.2, -0.15) is 5.26 Å². The van der Waals surface area contributed by atoms with Gasteiger partial charge >= 0.3 is 5.97 Å². The van der Waals surface area contributed by atoms with Crippen molar-refractivity contribution in [2.75, 3.05) is 13.2 Å². The van der Waals surface area contributed by atoms with Crippen LogP contribution in [0.4, 0.5) is 5.69 Å². The van der Waals surface area contributed by atoms with E-state index in [0.717, 1.165) is 0 Å². The summed E-state index contributed by atoms with van der Waals surface area (Å²) in [5.74, 6) is -0.515. The van der Waals surface area contributed by atoms with Crippen molar-refractivity contribution in [3.8, 4) is 23.1 Å². The highest BCUT2D eigenvalue weighted by molar-refractivity contribution is 6.00. The third-order valence-corrected chi connectivity index (χ3v) is 3.58. The number of ether oxygens (including phenoxy) is 2. The maximum absolute atomic E-state index is 12.5. The van der Waals surface area contributed by atoms with E-state index in [-0.39, 0.29) is 34.9 Å². The molecule has 26 heavy (non-hydrogen) atoms. The van der Waals surface area contributed by atoms with Gasteiger partial charge < -0.3 is 9.47 Å². The average Bonchev–Trinajstić information content (AvgIpc) is 2.61. The number of nitrogens with zero attached hydrogens (tertiary/aromatic N) is 3. The van der Waals surface area contributed by atoms with Gasteiger partial charge in [0.2, 0.25) is 5.88 Å². The highest BCUT2D eigenvalue weighted by Crippen LogP contribution is 2.35. The van der Waals surface area contributed by atoms with E-state index in [4.69, 9.17) is 9.47 Å². The molecule has 0 aliphatic heterocycles. The van der Waals surface area contributed by atoms with Crippen LogP contribution in [0.5, 0.6) is 5.88 Å². The van der Waals surface area contributed by atoms with E-state index >= 15 is 0 Å². The van der Waals surface area contributed by atoms with Crippen molar-refractivity contribution in [2.45, 2.75) is 20.8 Å². The van der Waals surface area contributed by atoms with Crippen LogP contribution in [0.15, 0.2) is 24.3 Å². The number of non-ortho nitro benzene ring substituents is 1. The van der Waals surface area contributed by atoms with Crippen LogP contribution in [0, 0.1) is 28.4 Å². The zero-order valence-corrected chi connectivity index (χ0v) is 14.6. The molecule has 0 aliphatic carbocycles. The Morgan fingerprint density at radius 1 is 1.27 bits per heavy atom. The van der Waals surface area contributed by atoms with Crippen molar-refractivity contribution in [1.29, 1.82) is 5.26 Å². The van der Waals surface area contributed by atoms with Crippen LogP contribution in [0.2, 0.25) is 0 Å². The molecule has 0 unspecified atom stereocenters. The molecule has 1 aromatic carbocycles. The van der Waals surface area contributed by atoms with Gasteiger partial charge in [-0.25, -0.2) is 9.78 Å². The van der Waals surface area contributed by atoms with Crippen molar-refractivity contribution < 1.29 is 19.2 Å². The van der Waals surface area contributed by atoms with Crippen LogP contribution < -0.4 is 4.74 Å². The Balaban J connectivity index is 2.79. The standard InChI is InChI=1S/C18H17N3O5/c1-4-25-17-14(10-19)16(12-6-8-13(9-7-12)21(23)24)15(11(3)20-17)18(22)26-5-2/h6-9H,4-5H2,1-3H3. The summed E-state index contributed by atoms with van der Waals surface area (Å²) in [5, 5.41) is 20.5. The van der Waals surface area contributed by atoms with E-state index in [1.165, 1.54) is 24.3 Å². The van der Waals surface area contributed by atoms with Gasteiger partial charge in [-0.05, 0) is 38.5 Å². The summed E-state index contributed by atoms with van der Waals surface area (Å²) < 4.78 is 10.5. The largest absolute Gasteiger partial charge is 0.477 e. The molecule has 0 N–H and O–H groups in total. The minimum atomic E-state index is -0.620. The lowest BCUT2D eigenvalue weighted by molar-refractivity contribution is -0.384. The van der Waals surface area contributed by atoms with Crippen LogP contribution in [0.1, 0.15) is 35.5 Å². The fraction of sp³-hybridized carbons (Fsp3) is 0.278. The first-order valence-corrected chi connectivity index (χ1v) is 7.93. The molecule has 0 saturated carbocycles. The molecular weight excluding hydrogens is 338 g/mol. The molecule has 8 nitrogen and oxygen atoms in total. The molecule has 134 valence electrons. The lowest BCUT2D eigenvalue weighted by Gasteiger charge is -2.16. The Morgan fingerprint density at radius 2 is 1.92 bits per heavy atom. The van der Waals surface area contributed by atoms with Gasteiger partial charge in [0.05, 0.1) is 29.4 Å². The number of carbonyl (C=O) groups is 1. The maximum atomic E-state index is 12.5. The monoisotopic (exact) mass is 355 g/mol. The summed E-state index contributed by atoms with van der Waals surface area (Å²) in [6.45, 7) is 5.49. The lowest BCUT2D eigenvalue weighted by atomic mass is 9.94. The van der Waals surface area contributed by atoms with Crippen LogP contribution in [0.3, 0.4) is 0 Å². The van der Waals surface area contributed by atoms with Gasteiger partial charge in [0.15, 0.2) is 0 Å². The summed E-state index contributed by atoms with van der Waals surface area (Å²) in [4.78, 5) is 27.0. The maximum Gasteiger partial charge on any atom is 0.340 e. The molecule has 0 atom stereocenters. The fourth-order valence-corrected chi connectivity index (χ4v) is 2.51. The summed E-state index contributed by atoms with van der Waals surface area (Å²) in [6, 6.07) is 7.59. The quantitative estimate of drug-likeness (QED) is 0.443. The zero-order chi connectivity index (χ0) is 19.3. The number of nitro groups is 1. The summed E-state index contributed by atoms with van der Waals surface area (Å²) in [5.41, 5.74) is 1.22. The van der Waals surface area contributed by atoms with Gasteiger partial charge in [-0.1, -0.05) is 0 Å². The lowest BCUT2D eigenvalue weighted by Crippen LogP contribution is -2.13. The Kier molecular flexibility index (Phi) is 5.86. The Morgan fingerprint density at radius 3 is 2.42 bits per heavy atom. The number of benzene rings is 1. The van der Waals surface area contributed by atoms with Crippen molar-refractivity contribution in [3.63, 3.8) is 0 Å². The first kappa shape index (κ1) is 18.9. The second kappa shape index (κ2) is 8.07. The number of nitro benzene ring substituents is 1. The summed E-state index contributed by atoms with van der Waals surface area (Å²) in [6.07, 6.45) is 0. The van der Waals surface area contributed by atoms with Crippen LogP contribution in [0.25, 0.3) is 11.1 Å². The van der Waals surface area contributed by atoms with Gasteiger partial charge in [0, 0.05) is 17.7 Å². The molecule has 1 aromatic heterocycles. The Bertz CT molecular complexity index is 885. The number of carbonyl (C=O) groups excluding carboxylic acids is 1. The Labute approximate surface area is 150 Å². The SMILES string of the molecule is CCOC(=O)c1c(C)nc(OCC)c(C#N)c1-c1ccc([N+](=O)[O-])cc1. The number of esters is 1. The number of hydrogen-bond donors (Lipinski definition) is 0. The first-order chi connectivity index (χ1) is 12.4. The van der Waals surface area contributed by atoms with E-state index in [1.807, 2.05) is 6.07 Å². The average molecular weight is 355 g/mol. The van der Waals surface area contributed by atoms with E-state index < -0.39 is 10.9 Å². The molecule has 2 rings (SSSR count). The molecule has 1 heterocycles. The number of aryl methyl sites for hydroxylation is 1. The van der Waals surface area contributed by atoms with E-state index in [0.29, 0.717) is 17.9 Å². The van der Waals surface area contributed by atoms with E-state index in [1.54, 1.807) is 20.8 Å². The molecule has 0 spiro atoms. The molecule has 0 aliphatic rings. The van der Waals surface area contributed by atoms with Gasteiger partial charge in [0.25, 0.3) is 5.69 Å². The third-order valence-electron chi connectivity index (χ3n) is 3.58. The molecule has 0 saturated heterocycles. The van der Waals surface area contributed by atoms with Crippen LogP contribution >= 0.6 is 0 Å². The van der Waals surface area contributed by atoms with Gasteiger partial charge in [-0.15, -0.1) is 0 Å². The molecule has 0 amide bonds. The number of nitriles is 1. The van der Waals surface area contributed by atoms with Gasteiger partial charge in [0.1, 0.15) is 11.6 Å². The van der Waals surface area contributed by atoms with Crippen LogP contribution in [-0.2, 0) is 4.74 Å². The van der Waals surface area contributed by atoms with Crippen LogP contribution in [-0.4, -0.2) is 29.1 Å². The van der Waals surface area contributed by atoms with Gasteiger partial charge in [-0.3, -0.25) is 10.1 Å². The normalized spacial score (nSPS) is 10.1. The second-order valence-electron chi connectivity index (χ2n) is 5.20. The second-order valence-corrected chi connectivity index (χ2v) is 5.20. The molecule has 8 heteroatoms. The Hall–Kier alpha value is -3.47. The topological polar surface area (TPSA) is 115 Å². The van der Waals surface area contributed by atoms with Crippen molar-refractivity contribution in [1.82, 2.24) is 4.98 Å². The third kappa shape index (κ3) is 3.62. The molecular formula is C18H17N3O5. The number of pyridine rings is 1. The van der Waals surface area contributed by atoms with E-state index in [2.05, 4.69) is 4.98 Å². The van der Waals surface area contributed by atoms with Crippen molar-refractivity contribution in [3.05, 3.63) is 51.2 Å². The highest BCUT2D eigenvalue weighted by atomic mass is 16.6. The minimum Gasteiger partial charge on any atom is -0.477 e. The zero-order valence-electron chi connectivity index (χ0n) is 14.6. The number of aromatic nitrogens is 1. The summed E-state index contributed by atoms with van der Waals surface area (Å²) in [7, 11) is 0. The van der Waals surface area contributed by atoms with Crippen molar-refractivity contribution >= 4 is 11.7 Å². The molecule has 0 bridgehead atoms. The summed E-state index contributed by atoms with van der Waals surface area (Å²) >= 11 is 0. The first-order valence-electron chi connectivity index (χ1n) is 7.93. The fourth-order valence-electron chi connectivity index (χ4n) is 2.51.